The Morgan fingerprint density at radius 3 is 2.58 bits per heavy atom. The van der Waals surface area contributed by atoms with Gasteiger partial charge in [0, 0.05) is 25.2 Å². The van der Waals surface area contributed by atoms with Crippen LogP contribution in [0.4, 0.5) is 5.82 Å². The van der Waals surface area contributed by atoms with E-state index >= 15 is 0 Å². The molecule has 2 rings (SSSR count). The van der Waals surface area contributed by atoms with E-state index in [1.54, 1.807) is 0 Å². The summed E-state index contributed by atoms with van der Waals surface area (Å²) in [6.45, 7) is 10.9. The van der Waals surface area contributed by atoms with E-state index in [-0.39, 0.29) is 0 Å². The van der Waals surface area contributed by atoms with E-state index in [9.17, 15) is 0 Å². The van der Waals surface area contributed by atoms with Crippen molar-refractivity contribution >= 4 is 5.82 Å². The summed E-state index contributed by atoms with van der Waals surface area (Å²) in [4.78, 5) is 7.20. The minimum absolute atomic E-state index is 0.488. The summed E-state index contributed by atoms with van der Waals surface area (Å²) in [6.07, 6.45) is 2.65. The Hall–Kier alpha value is -1.09. The van der Waals surface area contributed by atoms with Crippen molar-refractivity contribution in [2.45, 2.75) is 59.2 Å². The van der Waals surface area contributed by atoms with Gasteiger partial charge in [-0.2, -0.15) is 0 Å². The summed E-state index contributed by atoms with van der Waals surface area (Å²) in [7, 11) is 0. The highest BCUT2D eigenvalue weighted by atomic mass is 15.2. The lowest BCUT2D eigenvalue weighted by Gasteiger charge is -2.30. The lowest BCUT2D eigenvalue weighted by Crippen LogP contribution is -2.35. The normalized spacial score (nSPS) is 15.3. The van der Waals surface area contributed by atoms with Gasteiger partial charge in [0.05, 0.1) is 5.69 Å². The van der Waals surface area contributed by atoms with Gasteiger partial charge in [0.1, 0.15) is 5.82 Å². The fraction of sp³-hybridized carbons (Fsp3) is 0.688. The van der Waals surface area contributed by atoms with Crippen LogP contribution in [0.25, 0.3) is 0 Å². The van der Waals surface area contributed by atoms with Gasteiger partial charge in [-0.05, 0) is 44.7 Å². The van der Waals surface area contributed by atoms with E-state index in [2.05, 4.69) is 56.1 Å². The summed E-state index contributed by atoms with van der Waals surface area (Å²) in [6, 6.07) is 7.60. The molecule has 1 aromatic heterocycles. The maximum Gasteiger partial charge on any atom is 0.129 e. The van der Waals surface area contributed by atoms with Crippen molar-refractivity contribution < 1.29 is 0 Å². The third kappa shape index (κ3) is 4.50. The first-order chi connectivity index (χ1) is 9.06. The van der Waals surface area contributed by atoms with Crippen LogP contribution < -0.4 is 10.2 Å². The first-order valence-electron chi connectivity index (χ1n) is 7.52. The van der Waals surface area contributed by atoms with E-state index in [0.717, 1.165) is 30.6 Å². The molecule has 1 aliphatic rings. The van der Waals surface area contributed by atoms with Crippen molar-refractivity contribution in [2.24, 2.45) is 5.92 Å². The second-order valence-electron chi connectivity index (χ2n) is 6.28. The second-order valence-corrected chi connectivity index (χ2v) is 6.28. The van der Waals surface area contributed by atoms with Gasteiger partial charge in [0.25, 0.3) is 0 Å². The van der Waals surface area contributed by atoms with E-state index in [1.165, 1.54) is 12.8 Å². The standard InChI is InChI=1S/C16H27N3/c1-12(2)11-19(13(3)4)16-7-5-6-15(18-16)10-17-14-8-9-14/h5-7,12-14,17H,8-11H2,1-4H3. The van der Waals surface area contributed by atoms with Crippen molar-refractivity contribution in [2.75, 3.05) is 11.4 Å². The number of anilines is 1. The molecule has 19 heavy (non-hydrogen) atoms. The van der Waals surface area contributed by atoms with Crippen molar-refractivity contribution in [1.29, 1.82) is 0 Å². The molecule has 1 heterocycles. The minimum Gasteiger partial charge on any atom is -0.354 e. The molecule has 0 spiro atoms. The van der Waals surface area contributed by atoms with Crippen LogP contribution in [0.1, 0.15) is 46.2 Å². The number of pyridine rings is 1. The SMILES string of the molecule is CC(C)CN(c1cccc(CNC2CC2)n1)C(C)C. The van der Waals surface area contributed by atoms with E-state index in [0.29, 0.717) is 12.0 Å². The van der Waals surface area contributed by atoms with Crippen LogP contribution in [0.2, 0.25) is 0 Å². The third-order valence-corrected chi connectivity index (χ3v) is 3.42. The molecule has 0 amide bonds. The zero-order valence-corrected chi connectivity index (χ0v) is 12.7. The van der Waals surface area contributed by atoms with Crippen LogP contribution in [-0.4, -0.2) is 23.6 Å². The number of nitrogens with one attached hydrogen (secondary N) is 1. The van der Waals surface area contributed by atoms with Crippen LogP contribution >= 0.6 is 0 Å². The highest BCUT2D eigenvalue weighted by Gasteiger charge is 2.20. The average molecular weight is 261 g/mol. The predicted molar refractivity (Wildman–Crippen MR) is 81.4 cm³/mol. The van der Waals surface area contributed by atoms with Gasteiger partial charge in [-0.25, -0.2) is 4.98 Å². The molecule has 3 nitrogen and oxygen atoms in total. The third-order valence-electron chi connectivity index (χ3n) is 3.42. The minimum atomic E-state index is 0.488. The van der Waals surface area contributed by atoms with Crippen molar-refractivity contribution in [3.8, 4) is 0 Å². The van der Waals surface area contributed by atoms with E-state index < -0.39 is 0 Å². The largest absolute Gasteiger partial charge is 0.354 e. The van der Waals surface area contributed by atoms with Gasteiger partial charge in [-0.15, -0.1) is 0 Å². The molecule has 1 saturated carbocycles. The number of rotatable bonds is 7. The molecule has 1 aromatic rings. The number of nitrogens with zero attached hydrogens (tertiary/aromatic N) is 2. The summed E-state index contributed by atoms with van der Waals surface area (Å²) >= 11 is 0. The summed E-state index contributed by atoms with van der Waals surface area (Å²) in [5, 5.41) is 3.53. The number of hydrogen-bond donors (Lipinski definition) is 1. The summed E-state index contributed by atoms with van der Waals surface area (Å²) in [5.41, 5.74) is 1.15. The molecule has 1 fully saturated rings. The average Bonchev–Trinajstić information content (AvgIpc) is 3.17. The Morgan fingerprint density at radius 1 is 1.26 bits per heavy atom. The van der Waals surface area contributed by atoms with Crippen LogP contribution in [0, 0.1) is 5.92 Å². The second kappa shape index (κ2) is 6.38. The fourth-order valence-corrected chi connectivity index (χ4v) is 2.22. The van der Waals surface area contributed by atoms with Crippen LogP contribution in [0.3, 0.4) is 0 Å². The summed E-state index contributed by atoms with van der Waals surface area (Å²) in [5.74, 6) is 1.76. The topological polar surface area (TPSA) is 28.2 Å². The lowest BCUT2D eigenvalue weighted by molar-refractivity contribution is 0.564. The molecule has 0 radical (unpaired) electrons. The number of hydrogen-bond acceptors (Lipinski definition) is 3. The molecule has 0 saturated heterocycles. The molecule has 0 bridgehead atoms. The van der Waals surface area contributed by atoms with Gasteiger partial charge in [0.2, 0.25) is 0 Å². The molecule has 1 N–H and O–H groups in total. The van der Waals surface area contributed by atoms with Gasteiger partial charge in [-0.1, -0.05) is 19.9 Å². The molecule has 1 aliphatic carbocycles. The van der Waals surface area contributed by atoms with Gasteiger partial charge in [0.15, 0.2) is 0 Å². The van der Waals surface area contributed by atoms with Crippen molar-refractivity contribution in [3.05, 3.63) is 23.9 Å². The Balaban J connectivity index is 2.05. The van der Waals surface area contributed by atoms with Crippen LogP contribution in [0.15, 0.2) is 18.2 Å². The molecule has 0 unspecified atom stereocenters. The number of aromatic nitrogens is 1. The highest BCUT2D eigenvalue weighted by Crippen LogP contribution is 2.20. The lowest BCUT2D eigenvalue weighted by atomic mass is 10.1. The van der Waals surface area contributed by atoms with E-state index in [4.69, 9.17) is 4.98 Å². The Labute approximate surface area is 117 Å². The van der Waals surface area contributed by atoms with Crippen LogP contribution in [0.5, 0.6) is 0 Å². The van der Waals surface area contributed by atoms with Gasteiger partial charge >= 0.3 is 0 Å². The monoisotopic (exact) mass is 261 g/mol. The maximum atomic E-state index is 4.81. The molecule has 106 valence electrons. The molecule has 3 heteroatoms. The molecule has 0 aromatic carbocycles. The smallest absolute Gasteiger partial charge is 0.129 e. The Bertz CT molecular complexity index is 397. The summed E-state index contributed by atoms with van der Waals surface area (Å²) < 4.78 is 0. The predicted octanol–water partition coefficient (Wildman–Crippen LogP) is 3.20. The molecule has 0 atom stereocenters. The first-order valence-corrected chi connectivity index (χ1v) is 7.52. The Kier molecular flexibility index (Phi) is 4.81. The van der Waals surface area contributed by atoms with Gasteiger partial charge < -0.3 is 10.2 Å². The van der Waals surface area contributed by atoms with Gasteiger partial charge in [-0.3, -0.25) is 0 Å². The quantitative estimate of drug-likeness (QED) is 0.817. The van der Waals surface area contributed by atoms with E-state index in [1.807, 2.05) is 0 Å². The molecular formula is C16H27N3. The zero-order valence-electron chi connectivity index (χ0n) is 12.7. The van der Waals surface area contributed by atoms with Crippen molar-refractivity contribution in [1.82, 2.24) is 10.3 Å². The molecular weight excluding hydrogens is 234 g/mol. The van der Waals surface area contributed by atoms with Crippen molar-refractivity contribution in [3.63, 3.8) is 0 Å². The first kappa shape index (κ1) is 14.3. The highest BCUT2D eigenvalue weighted by molar-refractivity contribution is 5.40. The fourth-order valence-electron chi connectivity index (χ4n) is 2.22. The van der Waals surface area contributed by atoms with Crippen LogP contribution in [-0.2, 0) is 6.54 Å². The maximum absolute atomic E-state index is 4.81. The zero-order chi connectivity index (χ0) is 13.8. The molecule has 0 aliphatic heterocycles. The Morgan fingerprint density at radius 2 is 2.00 bits per heavy atom.